The molecule has 2 nitrogen and oxygen atoms in total. The predicted molar refractivity (Wildman–Crippen MR) is 88.1 cm³/mol. The summed E-state index contributed by atoms with van der Waals surface area (Å²) in [5.74, 6) is -0.213. The van der Waals surface area contributed by atoms with Crippen molar-refractivity contribution >= 4 is 0 Å². The van der Waals surface area contributed by atoms with E-state index in [0.29, 0.717) is 13.0 Å². The quantitative estimate of drug-likeness (QED) is 0.804. The number of nitrogens with zero attached hydrogens (tertiary/aromatic N) is 1. The van der Waals surface area contributed by atoms with Crippen LogP contribution in [-0.2, 0) is 13.0 Å². The zero-order chi connectivity index (χ0) is 15.8. The second-order valence-electron chi connectivity index (χ2n) is 5.71. The van der Waals surface area contributed by atoms with Gasteiger partial charge in [-0.1, -0.05) is 49.4 Å². The highest BCUT2D eigenvalue weighted by atomic mass is 19.1. The Kier molecular flexibility index (Phi) is 6.56. The first-order chi connectivity index (χ1) is 10.7. The van der Waals surface area contributed by atoms with Crippen LogP contribution in [0.15, 0.2) is 54.6 Å². The van der Waals surface area contributed by atoms with E-state index in [0.717, 1.165) is 30.6 Å². The van der Waals surface area contributed by atoms with Crippen molar-refractivity contribution in [3.05, 3.63) is 71.5 Å². The smallest absolute Gasteiger partial charge is 0.123 e. The molecule has 0 spiro atoms. The van der Waals surface area contributed by atoms with Gasteiger partial charge in [0.2, 0.25) is 0 Å². The maximum Gasteiger partial charge on any atom is 0.123 e. The third-order valence-corrected chi connectivity index (χ3v) is 3.64. The number of halogens is 1. The SMILES string of the molecule is CCCN(Cc1ccc(F)cc1)CC(O)Cc1ccccc1. The normalized spacial score (nSPS) is 12.5. The Morgan fingerprint density at radius 2 is 1.68 bits per heavy atom. The lowest BCUT2D eigenvalue weighted by Gasteiger charge is -2.25. The van der Waals surface area contributed by atoms with E-state index < -0.39 is 6.10 Å². The molecule has 0 aromatic heterocycles. The molecule has 0 aliphatic carbocycles. The number of aliphatic hydroxyl groups is 1. The van der Waals surface area contributed by atoms with Crippen LogP contribution in [0.3, 0.4) is 0 Å². The van der Waals surface area contributed by atoms with Gasteiger partial charge in [0.25, 0.3) is 0 Å². The average molecular weight is 301 g/mol. The molecule has 2 rings (SSSR count). The van der Waals surface area contributed by atoms with Gasteiger partial charge in [0.05, 0.1) is 6.10 Å². The van der Waals surface area contributed by atoms with E-state index in [1.54, 1.807) is 0 Å². The fourth-order valence-corrected chi connectivity index (χ4v) is 2.65. The van der Waals surface area contributed by atoms with E-state index in [9.17, 15) is 9.50 Å². The Labute approximate surface area is 132 Å². The molecule has 0 bridgehead atoms. The second-order valence-corrected chi connectivity index (χ2v) is 5.71. The van der Waals surface area contributed by atoms with Gasteiger partial charge < -0.3 is 5.11 Å². The van der Waals surface area contributed by atoms with Crippen molar-refractivity contribution in [3.63, 3.8) is 0 Å². The molecule has 118 valence electrons. The summed E-state index contributed by atoms with van der Waals surface area (Å²) in [7, 11) is 0. The van der Waals surface area contributed by atoms with Gasteiger partial charge in [0, 0.05) is 13.1 Å². The Balaban J connectivity index is 1.91. The minimum absolute atomic E-state index is 0.213. The molecule has 2 aromatic rings. The highest BCUT2D eigenvalue weighted by Gasteiger charge is 2.12. The van der Waals surface area contributed by atoms with Crippen molar-refractivity contribution in [3.8, 4) is 0 Å². The van der Waals surface area contributed by atoms with Crippen molar-refractivity contribution in [2.24, 2.45) is 0 Å². The van der Waals surface area contributed by atoms with Crippen LogP contribution >= 0.6 is 0 Å². The molecular formula is C19H24FNO. The van der Waals surface area contributed by atoms with Crippen LogP contribution in [0.1, 0.15) is 24.5 Å². The van der Waals surface area contributed by atoms with E-state index in [2.05, 4.69) is 11.8 Å². The fraction of sp³-hybridized carbons (Fsp3) is 0.368. The van der Waals surface area contributed by atoms with Gasteiger partial charge >= 0.3 is 0 Å². The molecule has 0 heterocycles. The van der Waals surface area contributed by atoms with Crippen molar-refractivity contribution in [1.29, 1.82) is 0 Å². The first-order valence-corrected chi connectivity index (χ1v) is 7.86. The summed E-state index contributed by atoms with van der Waals surface area (Å²) >= 11 is 0. The van der Waals surface area contributed by atoms with Crippen molar-refractivity contribution < 1.29 is 9.50 Å². The molecule has 2 aromatic carbocycles. The van der Waals surface area contributed by atoms with E-state index in [-0.39, 0.29) is 5.82 Å². The molecule has 3 heteroatoms. The van der Waals surface area contributed by atoms with Gasteiger partial charge in [-0.2, -0.15) is 0 Å². The van der Waals surface area contributed by atoms with Gasteiger partial charge in [0.1, 0.15) is 5.82 Å². The summed E-state index contributed by atoms with van der Waals surface area (Å²) in [5, 5.41) is 10.3. The summed E-state index contributed by atoms with van der Waals surface area (Å²) in [6.07, 6.45) is 1.29. The van der Waals surface area contributed by atoms with Crippen LogP contribution in [0.4, 0.5) is 4.39 Å². The molecule has 0 amide bonds. The third-order valence-electron chi connectivity index (χ3n) is 3.64. The molecule has 1 atom stereocenters. The largest absolute Gasteiger partial charge is 0.391 e. The molecule has 1 N–H and O–H groups in total. The minimum Gasteiger partial charge on any atom is -0.391 e. The third kappa shape index (κ3) is 5.58. The van der Waals surface area contributed by atoms with Crippen LogP contribution in [0.2, 0.25) is 0 Å². The maximum absolute atomic E-state index is 13.0. The zero-order valence-electron chi connectivity index (χ0n) is 13.1. The molecule has 22 heavy (non-hydrogen) atoms. The van der Waals surface area contributed by atoms with Gasteiger partial charge in [0.15, 0.2) is 0 Å². The first kappa shape index (κ1) is 16.7. The molecule has 0 aliphatic heterocycles. The summed E-state index contributed by atoms with van der Waals surface area (Å²) in [5.41, 5.74) is 2.22. The van der Waals surface area contributed by atoms with Crippen molar-refractivity contribution in [2.45, 2.75) is 32.4 Å². The van der Waals surface area contributed by atoms with Gasteiger partial charge in [-0.3, -0.25) is 4.90 Å². The Bertz CT molecular complexity index is 541. The molecule has 0 saturated carbocycles. The summed E-state index contributed by atoms with van der Waals surface area (Å²) in [4.78, 5) is 2.22. The molecule has 0 radical (unpaired) electrons. The van der Waals surface area contributed by atoms with Crippen LogP contribution in [0.5, 0.6) is 0 Å². The van der Waals surface area contributed by atoms with Gasteiger partial charge in [-0.15, -0.1) is 0 Å². The molecule has 0 aliphatic rings. The Hall–Kier alpha value is -1.71. The van der Waals surface area contributed by atoms with Gasteiger partial charge in [-0.05, 0) is 42.6 Å². The number of hydrogen-bond acceptors (Lipinski definition) is 2. The predicted octanol–water partition coefficient (Wildman–Crippen LogP) is 3.64. The lowest BCUT2D eigenvalue weighted by atomic mass is 10.1. The summed E-state index contributed by atoms with van der Waals surface area (Å²) in [6, 6.07) is 16.6. The monoisotopic (exact) mass is 301 g/mol. The Morgan fingerprint density at radius 3 is 2.32 bits per heavy atom. The van der Waals surface area contributed by atoms with E-state index >= 15 is 0 Å². The molecule has 1 unspecified atom stereocenters. The average Bonchev–Trinajstić information content (AvgIpc) is 2.50. The summed E-state index contributed by atoms with van der Waals surface area (Å²) in [6.45, 7) is 4.41. The van der Waals surface area contributed by atoms with Crippen LogP contribution < -0.4 is 0 Å². The van der Waals surface area contributed by atoms with Crippen molar-refractivity contribution in [2.75, 3.05) is 13.1 Å². The lowest BCUT2D eigenvalue weighted by molar-refractivity contribution is 0.108. The van der Waals surface area contributed by atoms with Crippen LogP contribution in [0, 0.1) is 5.82 Å². The highest BCUT2D eigenvalue weighted by Crippen LogP contribution is 2.10. The maximum atomic E-state index is 13.0. The van der Waals surface area contributed by atoms with E-state index in [1.807, 2.05) is 42.5 Å². The first-order valence-electron chi connectivity index (χ1n) is 7.86. The van der Waals surface area contributed by atoms with E-state index in [1.165, 1.54) is 12.1 Å². The molecule has 0 saturated heterocycles. The molecular weight excluding hydrogens is 277 g/mol. The summed E-state index contributed by atoms with van der Waals surface area (Å²) < 4.78 is 13.0. The number of hydrogen-bond donors (Lipinski definition) is 1. The number of aliphatic hydroxyl groups excluding tert-OH is 1. The van der Waals surface area contributed by atoms with E-state index in [4.69, 9.17) is 0 Å². The standard InChI is InChI=1S/C19H24FNO/c1-2-12-21(14-17-8-10-18(20)11-9-17)15-19(22)13-16-6-4-3-5-7-16/h3-11,19,22H,2,12-15H2,1H3. The van der Waals surface area contributed by atoms with Crippen LogP contribution in [0.25, 0.3) is 0 Å². The lowest BCUT2D eigenvalue weighted by Crippen LogP contribution is -2.33. The topological polar surface area (TPSA) is 23.5 Å². The molecule has 0 fully saturated rings. The highest BCUT2D eigenvalue weighted by molar-refractivity contribution is 5.17. The minimum atomic E-state index is -0.394. The fourth-order valence-electron chi connectivity index (χ4n) is 2.65. The van der Waals surface area contributed by atoms with Gasteiger partial charge in [-0.25, -0.2) is 4.39 Å². The Morgan fingerprint density at radius 1 is 1.00 bits per heavy atom. The number of benzene rings is 2. The second kappa shape index (κ2) is 8.66. The number of rotatable bonds is 8. The van der Waals surface area contributed by atoms with Crippen molar-refractivity contribution in [1.82, 2.24) is 4.90 Å². The van der Waals surface area contributed by atoms with Crippen LogP contribution in [-0.4, -0.2) is 29.2 Å². The zero-order valence-corrected chi connectivity index (χ0v) is 13.1.